The smallest absolute Gasteiger partial charge is 0.313 e. The lowest BCUT2D eigenvalue weighted by Crippen LogP contribution is -2.55. The lowest BCUT2D eigenvalue weighted by Gasteiger charge is -2.41. The Labute approximate surface area is 170 Å². The fourth-order valence-electron chi connectivity index (χ4n) is 3.19. The van der Waals surface area contributed by atoms with Gasteiger partial charge in [0.2, 0.25) is 5.91 Å². The van der Waals surface area contributed by atoms with Crippen molar-refractivity contribution >= 4 is 23.7 Å². The van der Waals surface area contributed by atoms with Gasteiger partial charge in [-0.25, -0.2) is 4.99 Å². The molecule has 1 fully saturated rings. The summed E-state index contributed by atoms with van der Waals surface area (Å²) in [6.45, 7) is 15.6. The molecule has 1 saturated heterocycles. The Morgan fingerprint density at radius 2 is 1.93 bits per heavy atom. The van der Waals surface area contributed by atoms with Gasteiger partial charge in [-0.2, -0.15) is 0 Å². The van der Waals surface area contributed by atoms with Crippen LogP contribution < -0.4 is 0 Å². The highest BCUT2D eigenvalue weighted by Gasteiger charge is 2.26. The molecule has 1 aliphatic rings. The van der Waals surface area contributed by atoms with Gasteiger partial charge in [-0.3, -0.25) is 9.69 Å². The summed E-state index contributed by atoms with van der Waals surface area (Å²) in [5, 5.41) is 9.89. The molecule has 0 aromatic rings. The molecule has 1 aliphatic heterocycles. The third-order valence-electron chi connectivity index (χ3n) is 4.99. The lowest BCUT2D eigenvalue weighted by molar-refractivity contribution is -0.136. The van der Waals surface area contributed by atoms with Crippen molar-refractivity contribution in [3.63, 3.8) is 0 Å². The zero-order valence-electron chi connectivity index (χ0n) is 17.4. The molecule has 1 rings (SSSR count). The summed E-state index contributed by atoms with van der Waals surface area (Å²) >= 11 is 3.62. The molecule has 1 atom stereocenters. The first-order valence-corrected chi connectivity index (χ1v) is 10.3. The van der Waals surface area contributed by atoms with E-state index in [-0.39, 0.29) is 5.91 Å². The minimum atomic E-state index is -0.402. The van der Waals surface area contributed by atoms with Crippen LogP contribution in [-0.2, 0) is 17.4 Å². The van der Waals surface area contributed by atoms with E-state index in [1.165, 1.54) is 0 Å². The normalized spacial score (nSPS) is 17.0. The molecule has 0 aromatic heterocycles. The summed E-state index contributed by atoms with van der Waals surface area (Å²) in [5.74, 6) is -0.177. The molecule has 8 heteroatoms. The third-order valence-corrected chi connectivity index (χ3v) is 5.53. The van der Waals surface area contributed by atoms with Gasteiger partial charge in [-0.15, -0.1) is 0 Å². The Morgan fingerprint density at radius 3 is 2.41 bits per heavy atom. The first kappa shape index (κ1) is 23.8. The second-order valence-corrected chi connectivity index (χ2v) is 7.59. The number of aliphatic imine (C=N–C) groups is 1. The van der Waals surface area contributed by atoms with Crippen molar-refractivity contribution in [1.82, 2.24) is 19.6 Å². The Balaban J connectivity index is 2.66. The van der Waals surface area contributed by atoms with Crippen LogP contribution in [0.5, 0.6) is 0 Å². The molecule has 27 heavy (non-hydrogen) atoms. The Kier molecular flexibility index (Phi) is 10.8. The second kappa shape index (κ2) is 12.3. The Hall–Kier alpha value is -1.25. The van der Waals surface area contributed by atoms with Gasteiger partial charge < -0.3 is 19.8 Å². The minimum absolute atomic E-state index is 0.177. The van der Waals surface area contributed by atoms with E-state index in [4.69, 9.17) is 5.11 Å². The van der Waals surface area contributed by atoms with E-state index >= 15 is 0 Å². The number of carbonyl (C=O) groups is 1. The predicted octanol–water partition coefficient (Wildman–Crippen LogP) is 0.404. The maximum atomic E-state index is 11.7. The van der Waals surface area contributed by atoms with E-state index < -0.39 is 6.61 Å². The van der Waals surface area contributed by atoms with Crippen LogP contribution in [0, 0.1) is 0 Å². The molecule has 7 nitrogen and oxygen atoms in total. The number of aliphatic hydroxyl groups excluding tert-OH is 1. The summed E-state index contributed by atoms with van der Waals surface area (Å²) in [6.07, 6.45) is 2.06. The van der Waals surface area contributed by atoms with Crippen molar-refractivity contribution < 1.29 is 9.90 Å². The summed E-state index contributed by atoms with van der Waals surface area (Å²) in [6, 6.07) is 0.396. The van der Waals surface area contributed by atoms with Gasteiger partial charge in [0, 0.05) is 70.7 Å². The number of amidine groups is 1. The van der Waals surface area contributed by atoms with Crippen molar-refractivity contribution in [3.05, 3.63) is 12.3 Å². The molecule has 0 spiro atoms. The first-order valence-electron chi connectivity index (χ1n) is 9.84. The number of allylic oxidation sites excluding steroid dienone is 1. The Bertz CT molecular complexity index is 506. The van der Waals surface area contributed by atoms with Crippen LogP contribution in [-0.4, -0.2) is 101 Å². The summed E-state index contributed by atoms with van der Waals surface area (Å²) in [5.41, 5.74) is 1.03. The first-order chi connectivity index (χ1) is 12.8. The maximum absolute atomic E-state index is 11.7. The second-order valence-electron chi connectivity index (χ2n) is 7.14. The van der Waals surface area contributed by atoms with Crippen LogP contribution in [0.2, 0.25) is 0 Å². The fraction of sp³-hybridized carbons (Fsp3) is 0.789. The molecule has 0 aliphatic carbocycles. The molecule has 0 radical (unpaired) electrons. The van der Waals surface area contributed by atoms with Crippen LogP contribution in [0.25, 0.3) is 0 Å². The highest BCUT2D eigenvalue weighted by atomic mass is 32.1. The number of hydrogen-bond acceptors (Lipinski definition) is 5. The summed E-state index contributed by atoms with van der Waals surface area (Å²) in [4.78, 5) is 24.7. The van der Waals surface area contributed by atoms with Crippen LogP contribution >= 0.6 is 0 Å². The monoisotopic (exact) mass is 400 g/mol. The van der Waals surface area contributed by atoms with Gasteiger partial charge in [-0.05, 0) is 19.8 Å². The van der Waals surface area contributed by atoms with Gasteiger partial charge in [0.1, 0.15) is 6.61 Å². The molecule has 1 N–H and O–H groups in total. The zero-order valence-corrected chi connectivity index (χ0v) is 18.4. The molecule has 0 aromatic carbocycles. The minimum Gasteiger partial charge on any atom is -0.387 e. The van der Waals surface area contributed by atoms with E-state index in [1.807, 2.05) is 14.0 Å². The van der Waals surface area contributed by atoms with Gasteiger partial charge in [0.25, 0.3) is 0 Å². The molecule has 0 unspecified atom stereocenters. The molecule has 1 amide bonds. The van der Waals surface area contributed by atoms with Crippen LogP contribution in [0.1, 0.15) is 33.6 Å². The van der Waals surface area contributed by atoms with Gasteiger partial charge in [0.15, 0.2) is 0 Å². The number of nitrogens with zero attached hydrogens (tertiary/aromatic N) is 5. The van der Waals surface area contributed by atoms with Crippen LogP contribution in [0.15, 0.2) is 17.3 Å². The fourth-order valence-corrected chi connectivity index (χ4v) is 3.37. The SMILES string of the molecule is C=C(C)N(C[C@H](CC)N1CCN(C(=O)CO)CC1)CN(C)C([SH2+])=NCCC. The number of amides is 1. The lowest BCUT2D eigenvalue weighted by atomic mass is 10.1. The van der Waals surface area contributed by atoms with E-state index in [9.17, 15) is 4.79 Å². The number of rotatable bonds is 10. The standard InChI is InChI=1S/C19H37N5O2S/c1-6-8-20-19(27)21(5)15-24(16(3)4)13-17(7-2)22-9-11-23(12-10-22)18(26)14-25/h17,25H,3,6-15H2,1-2,4-5H3,(H,20,27)/p+1/t17-/m0/s1. The van der Waals surface area contributed by atoms with Gasteiger partial charge in [0.05, 0.1) is 6.67 Å². The number of carbonyl (C=O) groups excluding carboxylic acids is 1. The zero-order chi connectivity index (χ0) is 20.4. The van der Waals surface area contributed by atoms with E-state index in [1.54, 1.807) is 4.90 Å². The van der Waals surface area contributed by atoms with Crippen LogP contribution in [0.4, 0.5) is 0 Å². The van der Waals surface area contributed by atoms with Crippen molar-refractivity contribution in [1.29, 1.82) is 0 Å². The van der Waals surface area contributed by atoms with E-state index in [0.29, 0.717) is 19.1 Å². The molecule has 156 valence electrons. The molecule has 1 heterocycles. The molecular formula is C19H38N5O2S+. The number of aliphatic hydroxyl groups is 1. The van der Waals surface area contributed by atoms with Crippen LogP contribution in [0.3, 0.4) is 0 Å². The molecular weight excluding hydrogens is 362 g/mol. The number of hydrogen-bond donors (Lipinski definition) is 1. The van der Waals surface area contributed by atoms with Crippen molar-refractivity contribution in [2.24, 2.45) is 4.99 Å². The molecule has 0 bridgehead atoms. The highest BCUT2D eigenvalue weighted by Crippen LogP contribution is 2.14. The topological polar surface area (TPSA) is 62.6 Å². The predicted molar refractivity (Wildman–Crippen MR) is 116 cm³/mol. The summed E-state index contributed by atoms with van der Waals surface area (Å²) in [7, 11) is 2.03. The van der Waals surface area contributed by atoms with Crippen molar-refractivity contribution in [2.45, 2.75) is 39.7 Å². The molecule has 0 saturated carbocycles. The Morgan fingerprint density at radius 1 is 1.30 bits per heavy atom. The largest absolute Gasteiger partial charge is 0.387 e. The van der Waals surface area contributed by atoms with Gasteiger partial charge >= 0.3 is 5.17 Å². The van der Waals surface area contributed by atoms with E-state index in [0.717, 1.165) is 56.6 Å². The van der Waals surface area contributed by atoms with Gasteiger partial charge in [-0.1, -0.05) is 20.4 Å². The highest BCUT2D eigenvalue weighted by molar-refractivity contribution is 7.77. The average Bonchev–Trinajstić information content (AvgIpc) is 2.68. The van der Waals surface area contributed by atoms with Crippen molar-refractivity contribution in [2.75, 3.05) is 59.6 Å². The van der Waals surface area contributed by atoms with Crippen molar-refractivity contribution in [3.8, 4) is 0 Å². The van der Waals surface area contributed by atoms with E-state index in [2.05, 4.69) is 52.7 Å². The maximum Gasteiger partial charge on any atom is 0.313 e. The summed E-state index contributed by atoms with van der Waals surface area (Å²) < 4.78 is 0. The number of piperazine rings is 1. The average molecular weight is 401 g/mol. The quantitative estimate of drug-likeness (QED) is 0.249. The third kappa shape index (κ3) is 7.71.